The van der Waals surface area contributed by atoms with E-state index in [2.05, 4.69) is 15.4 Å². The summed E-state index contributed by atoms with van der Waals surface area (Å²) in [5, 5.41) is 5.71. The van der Waals surface area contributed by atoms with Gasteiger partial charge in [-0.1, -0.05) is 30.3 Å². The Balaban J connectivity index is 2.09. The number of hydrogen-bond acceptors (Lipinski definition) is 3. The summed E-state index contributed by atoms with van der Waals surface area (Å²) in [6.07, 6.45) is 1.36. The van der Waals surface area contributed by atoms with Crippen molar-refractivity contribution in [2.24, 2.45) is 7.05 Å². The minimum Gasteiger partial charge on any atom is -0.293 e. The molecule has 1 aromatic heterocycles. The van der Waals surface area contributed by atoms with E-state index in [1.165, 1.54) is 11.0 Å². The minimum absolute atomic E-state index is 0.325. The molecule has 1 unspecified atom stereocenters. The number of carbonyl (C=O) groups is 1. The molecule has 5 nitrogen and oxygen atoms in total. The Hall–Kier alpha value is -1.88. The van der Waals surface area contributed by atoms with Crippen LogP contribution in [0.5, 0.6) is 0 Å². The number of aryl methyl sites for hydroxylation is 1. The summed E-state index contributed by atoms with van der Waals surface area (Å²) in [7, 11) is 1.69. The lowest BCUT2D eigenvalue weighted by Crippen LogP contribution is -2.19. The molecule has 6 heteroatoms. The number of benzene rings is 1. The van der Waals surface area contributed by atoms with E-state index >= 15 is 0 Å². The second kappa shape index (κ2) is 4.97. The first-order valence-corrected chi connectivity index (χ1v) is 5.46. The van der Waals surface area contributed by atoms with Crippen LogP contribution in [0.3, 0.4) is 0 Å². The van der Waals surface area contributed by atoms with Crippen molar-refractivity contribution in [2.45, 2.75) is 5.38 Å². The smallest absolute Gasteiger partial charge is 0.249 e. The summed E-state index contributed by atoms with van der Waals surface area (Å²) >= 11 is 6.06. The highest BCUT2D eigenvalue weighted by atomic mass is 35.5. The zero-order chi connectivity index (χ0) is 12.3. The molecule has 0 bridgehead atoms. The van der Waals surface area contributed by atoms with Gasteiger partial charge in [-0.2, -0.15) is 10.1 Å². The van der Waals surface area contributed by atoms with Crippen molar-refractivity contribution in [3.05, 3.63) is 42.2 Å². The average Bonchev–Trinajstić information content (AvgIpc) is 2.75. The Bertz CT molecular complexity index is 511. The molecule has 1 aromatic carbocycles. The van der Waals surface area contributed by atoms with Crippen LogP contribution in [-0.2, 0) is 11.8 Å². The monoisotopic (exact) mass is 250 g/mol. The van der Waals surface area contributed by atoms with Crippen LogP contribution in [0.15, 0.2) is 36.7 Å². The summed E-state index contributed by atoms with van der Waals surface area (Å²) in [6.45, 7) is 0. The van der Waals surface area contributed by atoms with Crippen molar-refractivity contribution in [3.63, 3.8) is 0 Å². The molecule has 17 heavy (non-hydrogen) atoms. The minimum atomic E-state index is -0.743. The number of aromatic nitrogens is 3. The Morgan fingerprint density at radius 3 is 2.71 bits per heavy atom. The van der Waals surface area contributed by atoms with Gasteiger partial charge in [0.15, 0.2) is 0 Å². The molecule has 0 fully saturated rings. The van der Waals surface area contributed by atoms with Gasteiger partial charge in [-0.05, 0) is 5.56 Å². The quantitative estimate of drug-likeness (QED) is 0.844. The molecule has 0 saturated heterocycles. The lowest BCUT2D eigenvalue weighted by molar-refractivity contribution is -0.116. The van der Waals surface area contributed by atoms with Crippen molar-refractivity contribution in [1.82, 2.24) is 14.8 Å². The molecule has 1 N–H and O–H groups in total. The number of carbonyl (C=O) groups excluding carboxylic acids is 1. The number of amides is 1. The predicted molar refractivity (Wildman–Crippen MR) is 64.7 cm³/mol. The van der Waals surface area contributed by atoms with Crippen LogP contribution in [0, 0.1) is 0 Å². The fourth-order valence-corrected chi connectivity index (χ4v) is 1.56. The summed E-state index contributed by atoms with van der Waals surface area (Å²) in [5.74, 6) is 0.0468. The lowest BCUT2D eigenvalue weighted by atomic mass is 10.1. The average molecular weight is 251 g/mol. The first-order chi connectivity index (χ1) is 8.18. The van der Waals surface area contributed by atoms with Gasteiger partial charge < -0.3 is 0 Å². The maximum atomic E-state index is 11.8. The van der Waals surface area contributed by atoms with E-state index in [0.717, 1.165) is 5.56 Å². The highest BCUT2D eigenvalue weighted by molar-refractivity contribution is 6.32. The van der Waals surface area contributed by atoms with Gasteiger partial charge >= 0.3 is 0 Å². The largest absolute Gasteiger partial charge is 0.293 e. The Labute approximate surface area is 103 Å². The molecule has 0 aliphatic heterocycles. The zero-order valence-electron chi connectivity index (χ0n) is 9.17. The van der Waals surface area contributed by atoms with Gasteiger partial charge in [0.25, 0.3) is 0 Å². The fraction of sp³-hybridized carbons (Fsp3) is 0.182. The van der Waals surface area contributed by atoms with Crippen LogP contribution in [0.4, 0.5) is 5.95 Å². The van der Waals surface area contributed by atoms with Crippen molar-refractivity contribution in [1.29, 1.82) is 0 Å². The second-order valence-corrected chi connectivity index (χ2v) is 3.91. The summed E-state index contributed by atoms with van der Waals surface area (Å²) in [6, 6.07) is 9.14. The number of hydrogen-bond donors (Lipinski definition) is 1. The maximum absolute atomic E-state index is 11.8. The number of nitrogens with one attached hydrogen (secondary N) is 1. The van der Waals surface area contributed by atoms with E-state index in [1.54, 1.807) is 19.2 Å². The van der Waals surface area contributed by atoms with Crippen LogP contribution < -0.4 is 5.32 Å². The molecular weight excluding hydrogens is 240 g/mol. The van der Waals surface area contributed by atoms with Gasteiger partial charge in [0.2, 0.25) is 11.9 Å². The standard InChI is InChI=1S/C11H11ClN4O/c1-16-11(13-7-14-16)15-10(17)9(12)8-5-3-2-4-6-8/h2-7,9H,1H3,(H,13,14,15,17). The van der Waals surface area contributed by atoms with Crippen LogP contribution in [0.2, 0.25) is 0 Å². The van der Waals surface area contributed by atoms with E-state index in [0.29, 0.717) is 5.95 Å². The molecule has 88 valence electrons. The van der Waals surface area contributed by atoms with Gasteiger partial charge in [0, 0.05) is 7.05 Å². The first-order valence-electron chi connectivity index (χ1n) is 5.02. The van der Waals surface area contributed by atoms with Crippen LogP contribution in [-0.4, -0.2) is 20.7 Å². The third-order valence-corrected chi connectivity index (χ3v) is 2.72. The SMILES string of the molecule is Cn1ncnc1NC(=O)C(Cl)c1ccccc1. The first kappa shape index (κ1) is 11.6. The number of alkyl halides is 1. The van der Waals surface area contributed by atoms with E-state index in [1.807, 2.05) is 18.2 Å². The molecule has 0 aliphatic rings. The number of halogens is 1. The fourth-order valence-electron chi connectivity index (χ4n) is 1.36. The third kappa shape index (κ3) is 2.62. The predicted octanol–water partition coefficient (Wildman–Crippen LogP) is 1.73. The van der Waals surface area contributed by atoms with Crippen LogP contribution >= 0.6 is 11.6 Å². The summed E-state index contributed by atoms with van der Waals surface area (Å²) < 4.78 is 1.46. The number of anilines is 1. The molecule has 2 aromatic rings. The van der Waals surface area contributed by atoms with E-state index in [9.17, 15) is 4.79 Å². The number of rotatable bonds is 3. The Kier molecular flexibility index (Phi) is 3.39. The molecule has 1 amide bonds. The zero-order valence-corrected chi connectivity index (χ0v) is 9.93. The molecular formula is C11H11ClN4O. The third-order valence-electron chi connectivity index (χ3n) is 2.27. The molecule has 0 radical (unpaired) electrons. The molecule has 2 rings (SSSR count). The van der Waals surface area contributed by atoms with Crippen molar-refractivity contribution < 1.29 is 4.79 Å². The summed E-state index contributed by atoms with van der Waals surface area (Å²) in [4.78, 5) is 15.7. The van der Waals surface area contributed by atoms with Gasteiger partial charge in [0.05, 0.1) is 0 Å². The maximum Gasteiger partial charge on any atom is 0.249 e. The van der Waals surface area contributed by atoms with E-state index in [4.69, 9.17) is 11.6 Å². The van der Waals surface area contributed by atoms with E-state index < -0.39 is 5.38 Å². The van der Waals surface area contributed by atoms with Crippen LogP contribution in [0.25, 0.3) is 0 Å². The van der Waals surface area contributed by atoms with Gasteiger partial charge in [-0.3, -0.25) is 10.1 Å². The van der Waals surface area contributed by atoms with Crippen molar-refractivity contribution in [2.75, 3.05) is 5.32 Å². The van der Waals surface area contributed by atoms with Gasteiger partial charge in [-0.15, -0.1) is 11.6 Å². The molecule has 0 spiro atoms. The van der Waals surface area contributed by atoms with Gasteiger partial charge in [-0.25, -0.2) is 4.68 Å². The Morgan fingerprint density at radius 1 is 1.41 bits per heavy atom. The van der Waals surface area contributed by atoms with E-state index in [-0.39, 0.29) is 5.91 Å². The Morgan fingerprint density at radius 2 is 2.12 bits per heavy atom. The normalized spacial score (nSPS) is 12.1. The van der Waals surface area contributed by atoms with Crippen molar-refractivity contribution in [3.8, 4) is 0 Å². The molecule has 1 atom stereocenters. The summed E-state index contributed by atoms with van der Waals surface area (Å²) in [5.41, 5.74) is 0.744. The van der Waals surface area contributed by atoms with Crippen LogP contribution in [0.1, 0.15) is 10.9 Å². The topological polar surface area (TPSA) is 59.8 Å². The molecule has 0 aliphatic carbocycles. The number of nitrogens with zero attached hydrogens (tertiary/aromatic N) is 3. The second-order valence-electron chi connectivity index (χ2n) is 3.47. The highest BCUT2D eigenvalue weighted by Crippen LogP contribution is 2.21. The lowest BCUT2D eigenvalue weighted by Gasteiger charge is -2.09. The molecule has 0 saturated carbocycles. The highest BCUT2D eigenvalue weighted by Gasteiger charge is 2.18. The van der Waals surface area contributed by atoms with Gasteiger partial charge in [0.1, 0.15) is 11.7 Å². The van der Waals surface area contributed by atoms with Crippen molar-refractivity contribution >= 4 is 23.5 Å². The molecule has 1 heterocycles.